The second-order valence-corrected chi connectivity index (χ2v) is 6.34. The molecule has 1 amide bonds. The molecular formula is C17H20N6O. The van der Waals surface area contributed by atoms with E-state index in [1.165, 1.54) is 19.0 Å². The van der Waals surface area contributed by atoms with Crippen molar-refractivity contribution >= 4 is 11.9 Å². The van der Waals surface area contributed by atoms with E-state index < -0.39 is 0 Å². The summed E-state index contributed by atoms with van der Waals surface area (Å²) in [6.07, 6.45) is 6.24. The van der Waals surface area contributed by atoms with E-state index in [9.17, 15) is 4.79 Å². The van der Waals surface area contributed by atoms with Crippen LogP contribution in [0.2, 0.25) is 0 Å². The number of rotatable bonds is 2. The van der Waals surface area contributed by atoms with Crippen LogP contribution in [0.15, 0.2) is 18.5 Å². The number of fused-ring (bicyclic) bond motifs is 1. The maximum absolute atomic E-state index is 12.6. The Morgan fingerprint density at radius 1 is 1.12 bits per heavy atom. The van der Waals surface area contributed by atoms with Crippen molar-refractivity contribution in [3.63, 3.8) is 0 Å². The Morgan fingerprint density at radius 3 is 2.71 bits per heavy atom. The monoisotopic (exact) mass is 324 g/mol. The smallest absolute Gasteiger partial charge is 0.255 e. The quantitative estimate of drug-likeness (QED) is 0.830. The van der Waals surface area contributed by atoms with Crippen molar-refractivity contribution < 1.29 is 4.79 Å². The minimum Gasteiger partial charge on any atom is -0.341 e. The molecule has 0 saturated carbocycles. The molecule has 24 heavy (non-hydrogen) atoms. The molecule has 7 heteroatoms. The average Bonchev–Trinajstić information content (AvgIpc) is 3.16. The van der Waals surface area contributed by atoms with Crippen LogP contribution >= 0.6 is 0 Å². The van der Waals surface area contributed by atoms with Gasteiger partial charge >= 0.3 is 0 Å². The number of carbonyl (C=O) groups is 1. The summed E-state index contributed by atoms with van der Waals surface area (Å²) in [5.74, 6) is 0.834. The van der Waals surface area contributed by atoms with Crippen LogP contribution in [0.1, 0.15) is 40.2 Å². The Hall–Kier alpha value is -2.57. The van der Waals surface area contributed by atoms with Crippen LogP contribution < -0.4 is 4.90 Å². The highest BCUT2D eigenvalue weighted by molar-refractivity contribution is 5.93. The Morgan fingerprint density at radius 2 is 1.96 bits per heavy atom. The molecule has 1 fully saturated rings. The third kappa shape index (κ3) is 2.70. The van der Waals surface area contributed by atoms with Gasteiger partial charge in [0.25, 0.3) is 5.91 Å². The maximum Gasteiger partial charge on any atom is 0.255 e. The van der Waals surface area contributed by atoms with Gasteiger partial charge in [-0.15, -0.1) is 0 Å². The fraction of sp³-hybridized carbons (Fsp3) is 0.471. The Labute approximate surface area is 140 Å². The first-order valence-electron chi connectivity index (χ1n) is 8.39. The molecule has 0 atom stereocenters. The Bertz CT molecular complexity index is 757. The Kier molecular flexibility index (Phi) is 3.84. The van der Waals surface area contributed by atoms with Gasteiger partial charge in [-0.05, 0) is 25.8 Å². The highest BCUT2D eigenvalue weighted by atomic mass is 16.2. The van der Waals surface area contributed by atoms with Gasteiger partial charge in [-0.25, -0.2) is 9.97 Å². The lowest BCUT2D eigenvalue weighted by atomic mass is 10.0. The van der Waals surface area contributed by atoms with Crippen LogP contribution in [0.3, 0.4) is 0 Å². The van der Waals surface area contributed by atoms with Crippen molar-refractivity contribution in [2.24, 2.45) is 0 Å². The first kappa shape index (κ1) is 15.0. The number of aromatic nitrogens is 4. The Balaban J connectivity index is 1.58. The molecule has 2 aliphatic heterocycles. The topological polar surface area (TPSA) is 75.1 Å². The second kappa shape index (κ2) is 6.14. The zero-order valence-corrected chi connectivity index (χ0v) is 13.8. The van der Waals surface area contributed by atoms with Gasteiger partial charge < -0.3 is 9.80 Å². The average molecular weight is 324 g/mol. The third-order valence-electron chi connectivity index (χ3n) is 4.76. The van der Waals surface area contributed by atoms with Crippen LogP contribution in [-0.4, -0.2) is 50.6 Å². The summed E-state index contributed by atoms with van der Waals surface area (Å²) in [5, 5.41) is 7.52. The number of amides is 1. The minimum absolute atomic E-state index is 0.0152. The van der Waals surface area contributed by atoms with Gasteiger partial charge in [0.05, 0.1) is 23.7 Å². The molecule has 0 aliphatic carbocycles. The second-order valence-electron chi connectivity index (χ2n) is 6.34. The minimum atomic E-state index is -0.0152. The van der Waals surface area contributed by atoms with Gasteiger partial charge in [0.15, 0.2) is 0 Å². The molecule has 7 nitrogen and oxygen atoms in total. The molecule has 2 aromatic rings. The molecule has 2 aliphatic rings. The van der Waals surface area contributed by atoms with Crippen molar-refractivity contribution in [1.29, 1.82) is 0 Å². The summed E-state index contributed by atoms with van der Waals surface area (Å²) >= 11 is 0. The number of hydrogen-bond acceptors (Lipinski definition) is 6. The standard InChI is InChI=1S/C17H20N6O/c1-12-14-11-23(16(24)13-4-6-18-19-10-13)9-5-15(14)21-17(20-12)22-7-2-3-8-22/h4,6,10H,2-3,5,7-9,11H2,1H3. The van der Waals surface area contributed by atoms with E-state index in [0.29, 0.717) is 18.7 Å². The van der Waals surface area contributed by atoms with Gasteiger partial charge in [0.2, 0.25) is 5.95 Å². The van der Waals surface area contributed by atoms with E-state index in [2.05, 4.69) is 20.1 Å². The summed E-state index contributed by atoms with van der Waals surface area (Å²) in [5.41, 5.74) is 3.72. The van der Waals surface area contributed by atoms with Crippen molar-refractivity contribution in [2.75, 3.05) is 24.5 Å². The van der Waals surface area contributed by atoms with Crippen LogP contribution in [0, 0.1) is 6.92 Å². The molecule has 0 aromatic carbocycles. The van der Waals surface area contributed by atoms with Crippen molar-refractivity contribution in [3.8, 4) is 0 Å². The number of carbonyl (C=O) groups excluding carboxylic acids is 1. The van der Waals surface area contributed by atoms with E-state index in [4.69, 9.17) is 4.98 Å². The molecule has 1 saturated heterocycles. The number of anilines is 1. The molecule has 2 aromatic heterocycles. The van der Waals surface area contributed by atoms with Gasteiger partial charge in [-0.1, -0.05) is 0 Å². The maximum atomic E-state index is 12.6. The van der Waals surface area contributed by atoms with E-state index >= 15 is 0 Å². The van der Waals surface area contributed by atoms with Crippen molar-refractivity contribution in [1.82, 2.24) is 25.1 Å². The van der Waals surface area contributed by atoms with Gasteiger partial charge in [0.1, 0.15) is 0 Å². The van der Waals surface area contributed by atoms with Crippen LogP contribution in [-0.2, 0) is 13.0 Å². The number of aryl methyl sites for hydroxylation is 1. The highest BCUT2D eigenvalue weighted by Gasteiger charge is 2.26. The molecule has 124 valence electrons. The van der Waals surface area contributed by atoms with Gasteiger partial charge in [0, 0.05) is 43.9 Å². The fourth-order valence-electron chi connectivity index (χ4n) is 3.39. The fourth-order valence-corrected chi connectivity index (χ4v) is 3.39. The van der Waals surface area contributed by atoms with Crippen molar-refractivity contribution in [2.45, 2.75) is 32.7 Å². The molecule has 4 heterocycles. The lowest BCUT2D eigenvalue weighted by Crippen LogP contribution is -2.37. The molecule has 0 unspecified atom stereocenters. The molecule has 0 bridgehead atoms. The van der Waals surface area contributed by atoms with E-state index in [1.54, 1.807) is 12.3 Å². The molecular weight excluding hydrogens is 304 g/mol. The summed E-state index contributed by atoms with van der Waals surface area (Å²) in [6, 6.07) is 1.70. The largest absolute Gasteiger partial charge is 0.341 e. The molecule has 0 N–H and O–H groups in total. The van der Waals surface area contributed by atoms with E-state index in [1.807, 2.05) is 11.8 Å². The lowest BCUT2D eigenvalue weighted by Gasteiger charge is -2.30. The summed E-state index contributed by atoms with van der Waals surface area (Å²) in [4.78, 5) is 26.2. The molecule has 4 rings (SSSR count). The van der Waals surface area contributed by atoms with Crippen LogP contribution in [0.4, 0.5) is 5.95 Å². The van der Waals surface area contributed by atoms with E-state index in [0.717, 1.165) is 42.4 Å². The normalized spacial score (nSPS) is 17.0. The SMILES string of the molecule is Cc1nc(N2CCCC2)nc2c1CN(C(=O)c1ccnnc1)CC2. The zero-order chi connectivity index (χ0) is 16.5. The predicted molar refractivity (Wildman–Crippen MR) is 88.7 cm³/mol. The van der Waals surface area contributed by atoms with Crippen LogP contribution in [0.25, 0.3) is 0 Å². The molecule has 0 spiro atoms. The number of nitrogens with zero attached hydrogens (tertiary/aromatic N) is 6. The summed E-state index contributed by atoms with van der Waals surface area (Å²) in [6.45, 7) is 5.32. The van der Waals surface area contributed by atoms with Gasteiger partial charge in [-0.2, -0.15) is 10.2 Å². The third-order valence-corrected chi connectivity index (χ3v) is 4.76. The highest BCUT2D eigenvalue weighted by Crippen LogP contribution is 2.25. The van der Waals surface area contributed by atoms with E-state index in [-0.39, 0.29) is 5.91 Å². The van der Waals surface area contributed by atoms with Crippen LogP contribution in [0.5, 0.6) is 0 Å². The summed E-state index contributed by atoms with van der Waals surface area (Å²) < 4.78 is 0. The summed E-state index contributed by atoms with van der Waals surface area (Å²) in [7, 11) is 0. The van der Waals surface area contributed by atoms with Gasteiger partial charge in [-0.3, -0.25) is 4.79 Å². The zero-order valence-electron chi connectivity index (χ0n) is 13.8. The predicted octanol–water partition coefficient (Wildman–Crippen LogP) is 1.37. The molecule has 0 radical (unpaired) electrons. The first-order valence-corrected chi connectivity index (χ1v) is 8.39. The van der Waals surface area contributed by atoms with Crippen molar-refractivity contribution in [3.05, 3.63) is 41.0 Å². The lowest BCUT2D eigenvalue weighted by molar-refractivity contribution is 0.0732. The number of hydrogen-bond donors (Lipinski definition) is 0. The first-order chi connectivity index (χ1) is 11.7.